The average Bonchev–Trinajstić information content (AvgIpc) is 3.11. The van der Waals surface area contributed by atoms with Gasteiger partial charge in [0.2, 0.25) is 5.78 Å². The maximum atomic E-state index is 14.4. The van der Waals surface area contributed by atoms with Gasteiger partial charge in [-0.1, -0.05) is 19.9 Å². The van der Waals surface area contributed by atoms with E-state index in [-0.39, 0.29) is 29.3 Å². The summed E-state index contributed by atoms with van der Waals surface area (Å²) in [7, 11) is 1.51. The summed E-state index contributed by atoms with van der Waals surface area (Å²) in [5, 5.41) is 11.8. The number of ketones is 2. The van der Waals surface area contributed by atoms with E-state index in [1.807, 2.05) is 39.8 Å². The van der Waals surface area contributed by atoms with Gasteiger partial charge in [0, 0.05) is 16.7 Å². The number of aliphatic hydroxyl groups is 1. The van der Waals surface area contributed by atoms with Crippen molar-refractivity contribution in [2.75, 3.05) is 7.11 Å². The first-order valence-electron chi connectivity index (χ1n) is 11.9. The maximum absolute atomic E-state index is 14.4. The van der Waals surface area contributed by atoms with Crippen molar-refractivity contribution in [3.8, 4) is 0 Å². The molecule has 33 heavy (non-hydrogen) atoms. The minimum absolute atomic E-state index is 0.0596. The fourth-order valence-corrected chi connectivity index (χ4v) is 9.11. The third kappa shape index (κ3) is 2.02. The number of allylic oxidation sites excluding steroid dienone is 4. The first kappa shape index (κ1) is 21.4. The smallest absolute Gasteiger partial charge is 0.206 e. The van der Waals surface area contributed by atoms with Crippen molar-refractivity contribution in [1.29, 1.82) is 0 Å². The van der Waals surface area contributed by atoms with Crippen LogP contribution in [-0.4, -0.2) is 41.6 Å². The number of carbonyl (C=O) groups excluding carboxylic acids is 2. The highest BCUT2D eigenvalue weighted by molar-refractivity contribution is 6.06. The van der Waals surface area contributed by atoms with Crippen molar-refractivity contribution < 1.29 is 28.6 Å². The maximum Gasteiger partial charge on any atom is 0.206 e. The van der Waals surface area contributed by atoms with Gasteiger partial charge in [-0.15, -0.1) is 0 Å². The Hall–Kier alpha value is -2.18. The molecule has 1 spiro atoms. The van der Waals surface area contributed by atoms with E-state index in [0.29, 0.717) is 12.0 Å². The number of fused-ring (bicyclic) bond motifs is 3. The van der Waals surface area contributed by atoms with Crippen molar-refractivity contribution in [3.05, 3.63) is 47.6 Å². The van der Waals surface area contributed by atoms with Gasteiger partial charge in [0.25, 0.3) is 0 Å². The van der Waals surface area contributed by atoms with E-state index in [0.717, 1.165) is 12.0 Å². The number of rotatable bonds is 2. The molecular formula is C27H32O6. The van der Waals surface area contributed by atoms with Gasteiger partial charge in [0.15, 0.2) is 11.5 Å². The highest BCUT2D eigenvalue weighted by Crippen LogP contribution is 2.81. The molecule has 0 unspecified atom stereocenters. The van der Waals surface area contributed by atoms with Gasteiger partial charge in [0.1, 0.15) is 5.60 Å². The quantitative estimate of drug-likeness (QED) is 0.684. The first-order valence-corrected chi connectivity index (χ1v) is 11.9. The number of hydrogen-bond acceptors (Lipinski definition) is 6. The average molecular weight is 453 g/mol. The van der Waals surface area contributed by atoms with Crippen LogP contribution in [0.1, 0.15) is 58.9 Å². The van der Waals surface area contributed by atoms with Crippen LogP contribution in [-0.2, 0) is 19.1 Å². The summed E-state index contributed by atoms with van der Waals surface area (Å²) in [6, 6.07) is 1.98. The van der Waals surface area contributed by atoms with Gasteiger partial charge in [0.05, 0.1) is 42.7 Å². The number of hydrogen-bond donors (Lipinski definition) is 1. The molecule has 6 heteroatoms. The molecule has 2 saturated carbocycles. The Morgan fingerprint density at radius 1 is 1.15 bits per heavy atom. The standard InChI is InChI=1S/C27H32O6/c1-23(2)17(29)7-9-24(3)20-16(28)12-25(4)15(14-8-10-32-13-14)11-18-27(25,33-18)26(20,5)22(30)19(31-6)21(23)24/h7-10,13,15-16,18,20,28H,11-12H2,1-6H3/t15-,16+,18+,20+,24+,25-,26-,27+/m0/s1. The van der Waals surface area contributed by atoms with Crippen molar-refractivity contribution in [2.45, 2.75) is 71.2 Å². The molecule has 4 aliphatic carbocycles. The van der Waals surface area contributed by atoms with Crippen molar-refractivity contribution in [2.24, 2.45) is 27.6 Å². The van der Waals surface area contributed by atoms with Gasteiger partial charge < -0.3 is 19.0 Å². The lowest BCUT2D eigenvalue weighted by atomic mass is 9.38. The molecule has 176 valence electrons. The van der Waals surface area contributed by atoms with Crippen LogP contribution in [0.15, 0.2) is 46.5 Å². The number of Topliss-reactive ketones (excluding diaryl/α,β-unsaturated/α-hetero) is 1. The zero-order valence-electron chi connectivity index (χ0n) is 20.1. The lowest BCUT2D eigenvalue weighted by molar-refractivity contribution is -0.187. The second-order valence-corrected chi connectivity index (χ2v) is 11.9. The first-order chi connectivity index (χ1) is 15.4. The molecule has 3 fully saturated rings. The Bertz CT molecular complexity index is 1140. The lowest BCUT2D eigenvalue weighted by Gasteiger charge is -2.64. The SMILES string of the molecule is COC1=C2C(C)(C)C(=O)C=C[C@]2(C)[C@H]2[C@H](O)C[C@@]3(C)[C@H](c4ccoc4)C[C@H]4O[C@]43[C@]2(C)C1=O. The molecule has 1 aliphatic heterocycles. The Labute approximate surface area is 194 Å². The van der Waals surface area contributed by atoms with Crippen LogP contribution < -0.4 is 0 Å². The van der Waals surface area contributed by atoms with Gasteiger partial charge in [-0.2, -0.15) is 0 Å². The summed E-state index contributed by atoms with van der Waals surface area (Å²) in [5.41, 5.74) is -2.01. The van der Waals surface area contributed by atoms with E-state index < -0.39 is 39.3 Å². The number of ether oxygens (including phenoxy) is 2. The number of aliphatic hydroxyl groups excluding tert-OH is 1. The third-order valence-corrected chi connectivity index (χ3v) is 10.3. The number of methoxy groups -OCH3 is 1. The van der Waals surface area contributed by atoms with Crippen LogP contribution in [0.4, 0.5) is 0 Å². The van der Waals surface area contributed by atoms with Gasteiger partial charge in [-0.05, 0) is 62.8 Å². The van der Waals surface area contributed by atoms with Crippen LogP contribution in [0.5, 0.6) is 0 Å². The third-order valence-electron chi connectivity index (χ3n) is 10.3. The minimum atomic E-state index is -1.01. The van der Waals surface area contributed by atoms with Crippen molar-refractivity contribution in [1.82, 2.24) is 0 Å². The minimum Gasteiger partial charge on any atom is -0.493 e. The van der Waals surface area contributed by atoms with Crippen LogP contribution >= 0.6 is 0 Å². The molecule has 1 saturated heterocycles. The molecule has 1 aromatic rings. The normalized spacial score (nSPS) is 49.3. The Kier molecular flexibility index (Phi) is 3.82. The van der Waals surface area contributed by atoms with Gasteiger partial charge >= 0.3 is 0 Å². The monoisotopic (exact) mass is 452 g/mol. The number of carbonyl (C=O) groups is 2. The summed E-state index contributed by atoms with van der Waals surface area (Å²) in [6.45, 7) is 9.87. The van der Waals surface area contributed by atoms with Crippen LogP contribution in [0.25, 0.3) is 0 Å². The molecule has 0 radical (unpaired) electrons. The van der Waals surface area contributed by atoms with E-state index >= 15 is 0 Å². The molecule has 0 amide bonds. The Morgan fingerprint density at radius 2 is 1.88 bits per heavy atom. The van der Waals surface area contributed by atoms with Crippen molar-refractivity contribution in [3.63, 3.8) is 0 Å². The summed E-state index contributed by atoms with van der Waals surface area (Å²) in [6.07, 6.45) is 7.45. The molecule has 0 bridgehead atoms. The summed E-state index contributed by atoms with van der Waals surface area (Å²) in [4.78, 5) is 27.3. The Balaban J connectivity index is 1.61. The fourth-order valence-electron chi connectivity index (χ4n) is 9.11. The van der Waals surface area contributed by atoms with Crippen LogP contribution in [0.3, 0.4) is 0 Å². The fraction of sp³-hybridized carbons (Fsp3) is 0.630. The predicted molar refractivity (Wildman–Crippen MR) is 119 cm³/mol. The molecule has 0 aromatic carbocycles. The second kappa shape index (κ2) is 5.89. The molecule has 6 rings (SSSR count). The van der Waals surface area contributed by atoms with E-state index in [9.17, 15) is 14.7 Å². The van der Waals surface area contributed by atoms with Gasteiger partial charge in [-0.3, -0.25) is 9.59 Å². The van der Waals surface area contributed by atoms with E-state index in [4.69, 9.17) is 13.9 Å². The van der Waals surface area contributed by atoms with Crippen LogP contribution in [0, 0.1) is 27.6 Å². The second-order valence-electron chi connectivity index (χ2n) is 11.9. The lowest BCUT2D eigenvalue weighted by Crippen LogP contribution is -2.70. The largest absolute Gasteiger partial charge is 0.493 e. The molecule has 6 nitrogen and oxygen atoms in total. The van der Waals surface area contributed by atoms with Gasteiger partial charge in [-0.25, -0.2) is 0 Å². The summed E-state index contributed by atoms with van der Waals surface area (Å²) < 4.78 is 17.7. The molecule has 5 aliphatic rings. The Morgan fingerprint density at radius 3 is 2.52 bits per heavy atom. The highest BCUT2D eigenvalue weighted by Gasteiger charge is 2.88. The van der Waals surface area contributed by atoms with Crippen LogP contribution in [0.2, 0.25) is 0 Å². The molecule has 2 heterocycles. The summed E-state index contributed by atoms with van der Waals surface area (Å²) in [5.74, 6) is -0.268. The number of furan rings is 1. The molecule has 1 aromatic heterocycles. The predicted octanol–water partition coefficient (Wildman–Crippen LogP) is 3.95. The van der Waals surface area contributed by atoms with Crippen molar-refractivity contribution >= 4 is 11.6 Å². The molecular weight excluding hydrogens is 420 g/mol. The van der Waals surface area contributed by atoms with E-state index in [2.05, 4.69) is 6.92 Å². The zero-order chi connectivity index (χ0) is 23.8. The molecule has 8 atom stereocenters. The highest BCUT2D eigenvalue weighted by atomic mass is 16.6. The topological polar surface area (TPSA) is 89.3 Å². The zero-order valence-corrected chi connectivity index (χ0v) is 20.1. The molecule has 1 N–H and O–H groups in total. The summed E-state index contributed by atoms with van der Waals surface area (Å²) >= 11 is 0. The van der Waals surface area contributed by atoms with E-state index in [1.54, 1.807) is 18.6 Å². The van der Waals surface area contributed by atoms with E-state index in [1.165, 1.54) is 7.11 Å². The number of epoxide rings is 1.